The molecule has 0 amide bonds. The van der Waals surface area contributed by atoms with Gasteiger partial charge in [0.1, 0.15) is 6.17 Å². The van der Waals surface area contributed by atoms with Crippen LogP contribution in [0.2, 0.25) is 25.7 Å². The lowest BCUT2D eigenvalue weighted by molar-refractivity contribution is -0.149. The number of carbonyl (C=O) groups excluding carboxylic acids is 1. The van der Waals surface area contributed by atoms with Gasteiger partial charge in [-0.1, -0.05) is 50.0 Å². The Morgan fingerprint density at radius 1 is 1.26 bits per heavy atom. The molecular formula is C15H23FO2Si. The van der Waals surface area contributed by atoms with E-state index in [2.05, 4.69) is 19.6 Å². The van der Waals surface area contributed by atoms with E-state index in [1.807, 2.05) is 6.07 Å². The fourth-order valence-electron chi connectivity index (χ4n) is 2.08. The molecule has 0 aliphatic carbocycles. The monoisotopic (exact) mass is 282 g/mol. The summed E-state index contributed by atoms with van der Waals surface area (Å²) in [5, 5.41) is 0. The van der Waals surface area contributed by atoms with E-state index in [0.29, 0.717) is 18.2 Å². The first-order chi connectivity index (χ1) is 8.85. The van der Waals surface area contributed by atoms with E-state index in [1.54, 1.807) is 31.2 Å². The minimum atomic E-state index is -1.55. The first-order valence-corrected chi connectivity index (χ1v) is 10.4. The predicted molar refractivity (Wildman–Crippen MR) is 78.6 cm³/mol. The van der Waals surface area contributed by atoms with E-state index in [1.165, 1.54) is 0 Å². The normalized spacial score (nSPS) is 14.8. The van der Waals surface area contributed by atoms with E-state index in [9.17, 15) is 9.18 Å². The zero-order valence-electron chi connectivity index (χ0n) is 12.2. The molecule has 0 radical (unpaired) electrons. The van der Waals surface area contributed by atoms with Crippen LogP contribution in [0, 0.1) is 5.92 Å². The van der Waals surface area contributed by atoms with Crippen molar-refractivity contribution in [2.24, 2.45) is 5.92 Å². The van der Waals surface area contributed by atoms with Gasteiger partial charge in [-0.15, -0.1) is 0 Å². The van der Waals surface area contributed by atoms with Crippen molar-refractivity contribution in [2.45, 2.75) is 38.8 Å². The molecule has 0 bridgehead atoms. The molecule has 0 spiro atoms. The zero-order valence-corrected chi connectivity index (χ0v) is 13.2. The molecule has 0 aliphatic heterocycles. The summed E-state index contributed by atoms with van der Waals surface area (Å²) in [7, 11) is -1.55. The van der Waals surface area contributed by atoms with Crippen molar-refractivity contribution in [3.8, 4) is 0 Å². The number of alkyl halides is 1. The summed E-state index contributed by atoms with van der Waals surface area (Å²) in [6, 6.07) is 9.47. The molecular weight excluding hydrogens is 259 g/mol. The molecule has 1 aromatic carbocycles. The van der Waals surface area contributed by atoms with Crippen molar-refractivity contribution in [2.75, 3.05) is 6.61 Å². The van der Waals surface area contributed by atoms with Crippen LogP contribution in [0.3, 0.4) is 0 Å². The van der Waals surface area contributed by atoms with E-state index in [0.717, 1.165) is 0 Å². The van der Waals surface area contributed by atoms with Gasteiger partial charge in [-0.3, -0.25) is 4.79 Å². The Morgan fingerprint density at radius 3 is 2.32 bits per heavy atom. The number of rotatable bonds is 6. The molecule has 0 unspecified atom stereocenters. The standard InChI is InChI=1S/C15H23FO2Si/c1-5-18-15(17)13(11-19(2,3)4)14(16)12-9-7-6-8-10-12/h6-10,13-14H,5,11H2,1-4H3/t13-,14-/m1/s1. The van der Waals surface area contributed by atoms with Crippen LogP contribution in [0.15, 0.2) is 30.3 Å². The summed E-state index contributed by atoms with van der Waals surface area (Å²) in [5.41, 5.74) is 0.554. The Hall–Kier alpha value is -1.16. The molecule has 0 fully saturated rings. The number of hydrogen-bond acceptors (Lipinski definition) is 2. The third-order valence-electron chi connectivity index (χ3n) is 2.89. The fraction of sp³-hybridized carbons (Fsp3) is 0.533. The largest absolute Gasteiger partial charge is 0.466 e. The SMILES string of the molecule is CCOC(=O)[C@H](C[Si](C)(C)C)[C@H](F)c1ccccc1. The van der Waals surface area contributed by atoms with Gasteiger partial charge in [-0.05, 0) is 18.5 Å². The van der Waals surface area contributed by atoms with Crippen LogP contribution in [0.25, 0.3) is 0 Å². The van der Waals surface area contributed by atoms with Gasteiger partial charge < -0.3 is 4.74 Å². The summed E-state index contributed by atoms with van der Waals surface area (Å²) >= 11 is 0. The molecule has 1 rings (SSSR count). The topological polar surface area (TPSA) is 26.3 Å². The highest BCUT2D eigenvalue weighted by molar-refractivity contribution is 6.76. The van der Waals surface area contributed by atoms with E-state index >= 15 is 0 Å². The number of halogens is 1. The Kier molecular flexibility index (Phi) is 5.73. The third kappa shape index (κ3) is 5.15. The van der Waals surface area contributed by atoms with Gasteiger partial charge in [0.2, 0.25) is 0 Å². The van der Waals surface area contributed by atoms with Gasteiger partial charge in [0, 0.05) is 8.07 Å². The number of carbonyl (C=O) groups is 1. The Morgan fingerprint density at radius 2 is 1.84 bits per heavy atom. The summed E-state index contributed by atoms with van der Waals surface area (Å²) in [5.74, 6) is -1.10. The highest BCUT2D eigenvalue weighted by Gasteiger charge is 2.34. The second kappa shape index (κ2) is 6.85. The summed E-state index contributed by atoms with van der Waals surface area (Å²) < 4.78 is 19.7. The van der Waals surface area contributed by atoms with Crippen LogP contribution in [0.4, 0.5) is 4.39 Å². The Bertz CT molecular complexity index is 400. The highest BCUT2D eigenvalue weighted by atomic mass is 28.3. The lowest BCUT2D eigenvalue weighted by Gasteiger charge is -2.25. The zero-order chi connectivity index (χ0) is 14.5. The molecule has 4 heteroatoms. The van der Waals surface area contributed by atoms with Crippen LogP contribution in [0.5, 0.6) is 0 Å². The second-order valence-corrected chi connectivity index (χ2v) is 11.5. The lowest BCUT2D eigenvalue weighted by Crippen LogP contribution is -2.32. The minimum absolute atomic E-state index is 0.294. The van der Waals surface area contributed by atoms with Crippen molar-refractivity contribution in [1.82, 2.24) is 0 Å². The minimum Gasteiger partial charge on any atom is -0.466 e. The molecule has 0 N–H and O–H groups in total. The molecule has 0 saturated carbocycles. The summed E-state index contributed by atoms with van der Waals surface area (Å²) in [6.07, 6.45) is -1.29. The van der Waals surface area contributed by atoms with Gasteiger partial charge in [0.25, 0.3) is 0 Å². The van der Waals surface area contributed by atoms with Gasteiger partial charge in [0.15, 0.2) is 0 Å². The van der Waals surface area contributed by atoms with Crippen molar-refractivity contribution >= 4 is 14.0 Å². The van der Waals surface area contributed by atoms with Gasteiger partial charge in [-0.25, -0.2) is 4.39 Å². The first-order valence-electron chi connectivity index (χ1n) is 6.71. The summed E-state index contributed by atoms with van der Waals surface area (Å²) in [4.78, 5) is 12.0. The van der Waals surface area contributed by atoms with Crippen molar-refractivity contribution < 1.29 is 13.9 Å². The Labute approximate surface area is 116 Å². The van der Waals surface area contributed by atoms with Crippen LogP contribution in [-0.2, 0) is 9.53 Å². The maximum absolute atomic E-state index is 14.6. The number of benzene rings is 1. The average Bonchev–Trinajstić information content (AvgIpc) is 2.35. The molecule has 2 atom stereocenters. The van der Waals surface area contributed by atoms with E-state index < -0.39 is 26.1 Å². The van der Waals surface area contributed by atoms with E-state index in [4.69, 9.17) is 4.74 Å². The van der Waals surface area contributed by atoms with Crippen LogP contribution < -0.4 is 0 Å². The van der Waals surface area contributed by atoms with Crippen molar-refractivity contribution in [3.63, 3.8) is 0 Å². The molecule has 0 aromatic heterocycles. The number of esters is 1. The fourth-order valence-corrected chi connectivity index (χ4v) is 3.78. The average molecular weight is 282 g/mol. The molecule has 0 heterocycles. The highest BCUT2D eigenvalue weighted by Crippen LogP contribution is 2.33. The molecule has 2 nitrogen and oxygen atoms in total. The second-order valence-electron chi connectivity index (χ2n) is 5.94. The molecule has 19 heavy (non-hydrogen) atoms. The van der Waals surface area contributed by atoms with Gasteiger partial charge in [-0.2, -0.15) is 0 Å². The maximum atomic E-state index is 14.6. The van der Waals surface area contributed by atoms with Crippen LogP contribution >= 0.6 is 0 Å². The summed E-state index contributed by atoms with van der Waals surface area (Å²) in [6.45, 7) is 8.45. The predicted octanol–water partition coefficient (Wildman–Crippen LogP) is 4.21. The first kappa shape index (κ1) is 15.9. The van der Waals surface area contributed by atoms with E-state index in [-0.39, 0.29) is 0 Å². The molecule has 106 valence electrons. The maximum Gasteiger partial charge on any atom is 0.311 e. The van der Waals surface area contributed by atoms with Gasteiger partial charge >= 0.3 is 5.97 Å². The smallest absolute Gasteiger partial charge is 0.311 e. The van der Waals surface area contributed by atoms with Gasteiger partial charge in [0.05, 0.1) is 12.5 Å². The van der Waals surface area contributed by atoms with Crippen LogP contribution in [0.1, 0.15) is 18.7 Å². The number of ether oxygens (including phenoxy) is 1. The third-order valence-corrected chi connectivity index (χ3v) is 4.56. The van der Waals surface area contributed by atoms with Crippen LogP contribution in [-0.4, -0.2) is 20.7 Å². The molecule has 0 aliphatic rings. The van der Waals surface area contributed by atoms with Crippen molar-refractivity contribution in [1.29, 1.82) is 0 Å². The Balaban J connectivity index is 2.92. The quantitative estimate of drug-likeness (QED) is 0.577. The molecule has 0 saturated heterocycles. The lowest BCUT2D eigenvalue weighted by atomic mass is 9.99. The number of hydrogen-bond donors (Lipinski definition) is 0. The molecule has 1 aromatic rings. The van der Waals surface area contributed by atoms with Crippen molar-refractivity contribution in [3.05, 3.63) is 35.9 Å².